The van der Waals surface area contributed by atoms with Crippen LogP contribution in [0.15, 0.2) is 24.3 Å². The summed E-state index contributed by atoms with van der Waals surface area (Å²) < 4.78 is 17.9. The number of rotatable bonds is 6. The molecular formula is C13H20FNO. The third-order valence-corrected chi connectivity index (χ3v) is 2.72. The van der Waals surface area contributed by atoms with Crippen molar-refractivity contribution in [2.45, 2.75) is 32.4 Å². The van der Waals surface area contributed by atoms with Gasteiger partial charge in [0.05, 0.1) is 6.61 Å². The number of benzene rings is 1. The van der Waals surface area contributed by atoms with Gasteiger partial charge < -0.3 is 10.1 Å². The molecule has 0 saturated heterocycles. The average Bonchev–Trinajstić information content (AvgIpc) is 2.29. The second-order valence-corrected chi connectivity index (χ2v) is 4.00. The van der Waals surface area contributed by atoms with Gasteiger partial charge in [-0.2, -0.15) is 0 Å². The lowest BCUT2D eigenvalue weighted by Crippen LogP contribution is -2.34. The number of hydrogen-bond donors (Lipinski definition) is 1. The fourth-order valence-corrected chi connectivity index (χ4v) is 1.69. The van der Waals surface area contributed by atoms with Gasteiger partial charge >= 0.3 is 0 Å². The van der Waals surface area contributed by atoms with Gasteiger partial charge in [-0.1, -0.05) is 19.1 Å². The van der Waals surface area contributed by atoms with Gasteiger partial charge in [0.15, 0.2) is 0 Å². The van der Waals surface area contributed by atoms with Crippen LogP contribution in [0.1, 0.15) is 31.9 Å². The first-order valence-corrected chi connectivity index (χ1v) is 5.67. The molecule has 90 valence electrons. The van der Waals surface area contributed by atoms with Crippen molar-refractivity contribution in [2.24, 2.45) is 0 Å². The lowest BCUT2D eigenvalue weighted by atomic mass is 10.1. The summed E-state index contributed by atoms with van der Waals surface area (Å²) >= 11 is 0. The Morgan fingerprint density at radius 3 is 2.44 bits per heavy atom. The van der Waals surface area contributed by atoms with E-state index in [0.29, 0.717) is 12.6 Å². The molecule has 1 aromatic rings. The van der Waals surface area contributed by atoms with E-state index in [-0.39, 0.29) is 11.9 Å². The van der Waals surface area contributed by atoms with Crippen molar-refractivity contribution in [1.29, 1.82) is 0 Å². The van der Waals surface area contributed by atoms with Crippen LogP contribution in [0, 0.1) is 5.82 Å². The van der Waals surface area contributed by atoms with Crippen molar-refractivity contribution in [3.63, 3.8) is 0 Å². The van der Waals surface area contributed by atoms with Gasteiger partial charge in [0.25, 0.3) is 0 Å². The Balaban J connectivity index is 2.56. The summed E-state index contributed by atoms with van der Waals surface area (Å²) in [6, 6.07) is 7.15. The minimum atomic E-state index is -0.195. The monoisotopic (exact) mass is 225 g/mol. The highest BCUT2D eigenvalue weighted by atomic mass is 19.1. The highest BCUT2D eigenvalue weighted by Gasteiger charge is 2.11. The lowest BCUT2D eigenvalue weighted by Gasteiger charge is -2.22. The summed E-state index contributed by atoms with van der Waals surface area (Å²) in [5.74, 6) is -0.195. The van der Waals surface area contributed by atoms with Gasteiger partial charge in [0.1, 0.15) is 5.82 Å². The molecule has 3 heteroatoms. The van der Waals surface area contributed by atoms with E-state index in [0.717, 1.165) is 12.0 Å². The molecule has 1 rings (SSSR count). The van der Waals surface area contributed by atoms with Crippen molar-refractivity contribution in [3.05, 3.63) is 35.6 Å². The molecule has 0 radical (unpaired) electrons. The van der Waals surface area contributed by atoms with Crippen molar-refractivity contribution >= 4 is 0 Å². The van der Waals surface area contributed by atoms with Crippen LogP contribution < -0.4 is 5.32 Å². The maximum atomic E-state index is 12.8. The van der Waals surface area contributed by atoms with E-state index in [1.165, 1.54) is 12.1 Å². The first-order valence-electron chi connectivity index (χ1n) is 5.67. The zero-order chi connectivity index (χ0) is 12.0. The SMILES string of the molecule is CCC(COC)NC(C)c1ccc(F)cc1. The highest BCUT2D eigenvalue weighted by molar-refractivity contribution is 5.19. The van der Waals surface area contributed by atoms with Crippen LogP contribution in [0.5, 0.6) is 0 Å². The first kappa shape index (κ1) is 13.1. The van der Waals surface area contributed by atoms with Gasteiger partial charge in [-0.15, -0.1) is 0 Å². The first-order chi connectivity index (χ1) is 7.67. The number of hydrogen-bond acceptors (Lipinski definition) is 2. The summed E-state index contributed by atoms with van der Waals surface area (Å²) in [6.07, 6.45) is 1.01. The molecule has 0 bridgehead atoms. The van der Waals surface area contributed by atoms with Crippen molar-refractivity contribution in [2.75, 3.05) is 13.7 Å². The van der Waals surface area contributed by atoms with E-state index < -0.39 is 0 Å². The Kier molecular flexibility index (Phi) is 5.43. The third-order valence-electron chi connectivity index (χ3n) is 2.72. The molecule has 16 heavy (non-hydrogen) atoms. The summed E-state index contributed by atoms with van der Waals surface area (Å²) in [5.41, 5.74) is 1.09. The maximum Gasteiger partial charge on any atom is 0.123 e. The van der Waals surface area contributed by atoms with Crippen LogP contribution >= 0.6 is 0 Å². The molecule has 2 atom stereocenters. The minimum Gasteiger partial charge on any atom is -0.383 e. The van der Waals surface area contributed by atoms with Gasteiger partial charge in [-0.25, -0.2) is 4.39 Å². The van der Waals surface area contributed by atoms with E-state index in [9.17, 15) is 4.39 Å². The normalized spacial score (nSPS) is 14.8. The lowest BCUT2D eigenvalue weighted by molar-refractivity contribution is 0.159. The van der Waals surface area contributed by atoms with E-state index in [2.05, 4.69) is 19.2 Å². The minimum absolute atomic E-state index is 0.195. The standard InChI is InChI=1S/C13H20FNO/c1-4-13(9-16-3)15-10(2)11-5-7-12(14)8-6-11/h5-8,10,13,15H,4,9H2,1-3H3. The van der Waals surface area contributed by atoms with Crippen molar-refractivity contribution in [3.8, 4) is 0 Å². The van der Waals surface area contributed by atoms with E-state index in [1.54, 1.807) is 7.11 Å². The van der Waals surface area contributed by atoms with Crippen LogP contribution in [0.3, 0.4) is 0 Å². The Bertz CT molecular complexity index is 299. The van der Waals surface area contributed by atoms with Crippen LogP contribution in [-0.2, 0) is 4.74 Å². The Labute approximate surface area is 96.8 Å². The number of halogens is 1. The molecule has 2 unspecified atom stereocenters. The number of methoxy groups -OCH3 is 1. The maximum absolute atomic E-state index is 12.8. The quantitative estimate of drug-likeness (QED) is 0.803. The van der Waals surface area contributed by atoms with Crippen LogP contribution in [0.4, 0.5) is 4.39 Å². The molecule has 0 fully saturated rings. The topological polar surface area (TPSA) is 21.3 Å². The number of nitrogens with one attached hydrogen (secondary N) is 1. The van der Waals surface area contributed by atoms with E-state index >= 15 is 0 Å². The summed E-state index contributed by atoms with van der Waals surface area (Å²) in [4.78, 5) is 0. The molecular weight excluding hydrogens is 205 g/mol. The van der Waals surface area contributed by atoms with Gasteiger partial charge in [0, 0.05) is 19.2 Å². The molecule has 0 spiro atoms. The molecule has 0 amide bonds. The van der Waals surface area contributed by atoms with E-state index in [1.807, 2.05) is 12.1 Å². The second-order valence-electron chi connectivity index (χ2n) is 4.00. The Hall–Kier alpha value is -0.930. The molecule has 0 saturated carbocycles. The predicted molar refractivity (Wildman–Crippen MR) is 63.9 cm³/mol. The molecule has 0 aliphatic carbocycles. The van der Waals surface area contributed by atoms with Crippen LogP contribution in [0.25, 0.3) is 0 Å². The molecule has 0 aromatic heterocycles. The second kappa shape index (κ2) is 6.61. The van der Waals surface area contributed by atoms with Crippen molar-refractivity contribution < 1.29 is 9.13 Å². The van der Waals surface area contributed by atoms with Crippen LogP contribution in [0.2, 0.25) is 0 Å². The fraction of sp³-hybridized carbons (Fsp3) is 0.538. The predicted octanol–water partition coefficient (Wildman–Crippen LogP) is 2.90. The summed E-state index contributed by atoms with van der Waals surface area (Å²) in [7, 11) is 1.70. The number of ether oxygens (including phenoxy) is 1. The summed E-state index contributed by atoms with van der Waals surface area (Å²) in [6.45, 7) is 4.89. The van der Waals surface area contributed by atoms with Gasteiger partial charge in [-0.05, 0) is 31.0 Å². The molecule has 0 aliphatic heterocycles. The molecule has 0 aliphatic rings. The average molecular weight is 225 g/mol. The zero-order valence-electron chi connectivity index (χ0n) is 10.2. The molecule has 1 N–H and O–H groups in total. The molecule has 1 aromatic carbocycles. The van der Waals surface area contributed by atoms with Crippen LogP contribution in [-0.4, -0.2) is 19.8 Å². The highest BCUT2D eigenvalue weighted by Crippen LogP contribution is 2.14. The summed E-state index contributed by atoms with van der Waals surface area (Å²) in [5, 5.41) is 3.46. The van der Waals surface area contributed by atoms with Gasteiger partial charge in [-0.3, -0.25) is 0 Å². The van der Waals surface area contributed by atoms with E-state index in [4.69, 9.17) is 4.74 Å². The molecule has 2 nitrogen and oxygen atoms in total. The molecule has 0 heterocycles. The zero-order valence-corrected chi connectivity index (χ0v) is 10.2. The van der Waals surface area contributed by atoms with Gasteiger partial charge in [0.2, 0.25) is 0 Å². The third kappa shape index (κ3) is 3.91. The smallest absolute Gasteiger partial charge is 0.123 e. The fourth-order valence-electron chi connectivity index (χ4n) is 1.69. The Morgan fingerprint density at radius 2 is 1.94 bits per heavy atom. The Morgan fingerprint density at radius 1 is 1.31 bits per heavy atom. The van der Waals surface area contributed by atoms with Crippen molar-refractivity contribution in [1.82, 2.24) is 5.32 Å². The largest absolute Gasteiger partial charge is 0.383 e.